The van der Waals surface area contributed by atoms with Crippen LogP contribution in [0.4, 0.5) is 0 Å². The standard InChI is InChI=1S/C18H16.C5H8O2/c1-3-7-15-13(5-1)9-11-18-16-8-4-2-6-14(16)10-12-17(15)18;1-4(2)5(6)7-3/h1,3,5,7,9-12H,2,4,6,8H2;1H2,2-3H3. The van der Waals surface area contributed by atoms with Crippen LogP contribution < -0.4 is 0 Å². The van der Waals surface area contributed by atoms with Gasteiger partial charge in [-0.25, -0.2) is 4.79 Å². The summed E-state index contributed by atoms with van der Waals surface area (Å²) in [5.74, 6) is -0.347. The first kappa shape index (κ1) is 17.2. The largest absolute Gasteiger partial charge is 0.466 e. The van der Waals surface area contributed by atoms with Gasteiger partial charge in [0, 0.05) is 5.57 Å². The Hall–Kier alpha value is -2.61. The van der Waals surface area contributed by atoms with Gasteiger partial charge in [-0.15, -0.1) is 0 Å². The van der Waals surface area contributed by atoms with Gasteiger partial charge < -0.3 is 4.74 Å². The van der Waals surface area contributed by atoms with E-state index < -0.39 is 0 Å². The van der Waals surface area contributed by atoms with Gasteiger partial charge in [0.15, 0.2) is 0 Å². The summed E-state index contributed by atoms with van der Waals surface area (Å²) in [7, 11) is 1.33. The molecule has 0 aliphatic heterocycles. The second kappa shape index (κ2) is 7.52. The minimum Gasteiger partial charge on any atom is -0.466 e. The van der Waals surface area contributed by atoms with Crippen LogP contribution in [0.1, 0.15) is 30.9 Å². The van der Waals surface area contributed by atoms with E-state index in [0.29, 0.717) is 5.57 Å². The number of carbonyl (C=O) groups excluding carboxylic acids is 1. The van der Waals surface area contributed by atoms with E-state index in [9.17, 15) is 4.79 Å². The molecule has 4 rings (SSSR count). The molecule has 128 valence electrons. The Morgan fingerprint density at radius 3 is 2.36 bits per heavy atom. The van der Waals surface area contributed by atoms with Crippen molar-refractivity contribution in [2.45, 2.75) is 32.6 Å². The Morgan fingerprint density at radius 1 is 0.920 bits per heavy atom. The van der Waals surface area contributed by atoms with Crippen molar-refractivity contribution in [1.29, 1.82) is 0 Å². The molecule has 0 saturated heterocycles. The molecular weight excluding hydrogens is 308 g/mol. The number of ether oxygens (including phenoxy) is 1. The van der Waals surface area contributed by atoms with Crippen molar-refractivity contribution in [3.05, 3.63) is 71.8 Å². The van der Waals surface area contributed by atoms with Crippen molar-refractivity contribution in [3.8, 4) is 0 Å². The molecule has 3 aromatic carbocycles. The van der Waals surface area contributed by atoms with Crippen molar-refractivity contribution in [2.75, 3.05) is 7.11 Å². The quantitative estimate of drug-likeness (QED) is 0.329. The molecular formula is C23H24O2. The number of rotatable bonds is 1. The number of fused-ring (bicyclic) bond motifs is 5. The molecule has 0 amide bonds. The summed E-state index contributed by atoms with van der Waals surface area (Å²) in [6.07, 6.45) is 5.22. The molecule has 0 unspecified atom stereocenters. The van der Waals surface area contributed by atoms with Crippen molar-refractivity contribution in [2.24, 2.45) is 0 Å². The van der Waals surface area contributed by atoms with Crippen LogP contribution in [0.2, 0.25) is 0 Å². The number of hydrogen-bond donors (Lipinski definition) is 0. The Morgan fingerprint density at radius 2 is 1.64 bits per heavy atom. The first-order chi connectivity index (χ1) is 12.1. The lowest BCUT2D eigenvalue weighted by Crippen LogP contribution is -2.02. The van der Waals surface area contributed by atoms with Gasteiger partial charge in [0.2, 0.25) is 0 Å². The summed E-state index contributed by atoms with van der Waals surface area (Å²) in [5.41, 5.74) is 3.61. The zero-order chi connectivity index (χ0) is 17.8. The Balaban J connectivity index is 0.000000225. The Labute approximate surface area is 149 Å². The summed E-state index contributed by atoms with van der Waals surface area (Å²) in [6, 6.07) is 18.0. The minimum absolute atomic E-state index is 0.347. The molecule has 1 aliphatic rings. The van der Waals surface area contributed by atoms with Crippen LogP contribution in [0.3, 0.4) is 0 Å². The second-order valence-electron chi connectivity index (χ2n) is 6.56. The molecule has 0 spiro atoms. The molecule has 0 fully saturated rings. The fraction of sp³-hybridized carbons (Fsp3) is 0.261. The average molecular weight is 332 g/mol. The molecule has 2 nitrogen and oxygen atoms in total. The van der Waals surface area contributed by atoms with E-state index in [-0.39, 0.29) is 5.97 Å². The van der Waals surface area contributed by atoms with E-state index in [2.05, 4.69) is 59.8 Å². The number of esters is 1. The van der Waals surface area contributed by atoms with E-state index in [4.69, 9.17) is 0 Å². The maximum atomic E-state index is 10.2. The number of benzene rings is 3. The van der Waals surface area contributed by atoms with Gasteiger partial charge in [0.1, 0.15) is 0 Å². The van der Waals surface area contributed by atoms with Crippen LogP contribution in [-0.2, 0) is 22.4 Å². The summed E-state index contributed by atoms with van der Waals surface area (Å²) in [6.45, 7) is 4.95. The number of carbonyl (C=O) groups is 1. The van der Waals surface area contributed by atoms with Gasteiger partial charge >= 0.3 is 5.97 Å². The topological polar surface area (TPSA) is 26.3 Å². The SMILES string of the molecule is C=C(C)C(=O)OC.c1ccc2c(c1)ccc1c3c(ccc12)CCCC3. The Bertz CT molecular complexity index is 937. The van der Waals surface area contributed by atoms with Gasteiger partial charge in [-0.3, -0.25) is 0 Å². The van der Waals surface area contributed by atoms with Gasteiger partial charge in [0.05, 0.1) is 7.11 Å². The van der Waals surface area contributed by atoms with Crippen LogP contribution in [0, 0.1) is 0 Å². The molecule has 25 heavy (non-hydrogen) atoms. The third kappa shape index (κ3) is 3.58. The van der Waals surface area contributed by atoms with Gasteiger partial charge in [-0.2, -0.15) is 0 Å². The van der Waals surface area contributed by atoms with Gasteiger partial charge in [0.25, 0.3) is 0 Å². The molecule has 0 saturated carbocycles. The normalized spacial score (nSPS) is 12.9. The fourth-order valence-corrected chi connectivity index (χ4v) is 3.52. The highest BCUT2D eigenvalue weighted by Gasteiger charge is 2.13. The molecule has 0 heterocycles. The number of hydrogen-bond acceptors (Lipinski definition) is 2. The van der Waals surface area contributed by atoms with Crippen molar-refractivity contribution >= 4 is 27.5 Å². The number of aryl methyl sites for hydroxylation is 2. The summed E-state index contributed by atoms with van der Waals surface area (Å²) in [4.78, 5) is 10.2. The Kier molecular flexibility index (Phi) is 5.18. The van der Waals surface area contributed by atoms with Crippen LogP contribution in [-0.4, -0.2) is 13.1 Å². The first-order valence-corrected chi connectivity index (χ1v) is 8.78. The van der Waals surface area contributed by atoms with Crippen LogP contribution in [0.5, 0.6) is 0 Å². The molecule has 1 aliphatic carbocycles. The van der Waals surface area contributed by atoms with Crippen LogP contribution >= 0.6 is 0 Å². The highest BCUT2D eigenvalue weighted by atomic mass is 16.5. The molecule has 0 N–H and O–H groups in total. The lowest BCUT2D eigenvalue weighted by atomic mass is 9.86. The molecule has 0 bridgehead atoms. The van der Waals surface area contributed by atoms with Crippen molar-refractivity contribution in [3.63, 3.8) is 0 Å². The van der Waals surface area contributed by atoms with E-state index in [1.54, 1.807) is 18.1 Å². The van der Waals surface area contributed by atoms with Gasteiger partial charge in [-0.1, -0.05) is 55.1 Å². The molecule has 0 atom stereocenters. The molecule has 0 aromatic heterocycles. The van der Waals surface area contributed by atoms with E-state index in [1.807, 2.05) is 0 Å². The monoisotopic (exact) mass is 332 g/mol. The molecule has 0 radical (unpaired) electrons. The average Bonchev–Trinajstić information content (AvgIpc) is 2.67. The maximum absolute atomic E-state index is 10.2. The van der Waals surface area contributed by atoms with E-state index >= 15 is 0 Å². The predicted molar refractivity (Wildman–Crippen MR) is 105 cm³/mol. The van der Waals surface area contributed by atoms with Crippen LogP contribution in [0.15, 0.2) is 60.7 Å². The highest BCUT2D eigenvalue weighted by molar-refractivity contribution is 6.08. The molecule has 3 aromatic rings. The second-order valence-corrected chi connectivity index (χ2v) is 6.56. The number of methoxy groups -OCH3 is 1. The summed E-state index contributed by atoms with van der Waals surface area (Å²) in [5, 5.41) is 5.64. The minimum atomic E-state index is -0.347. The van der Waals surface area contributed by atoms with Crippen molar-refractivity contribution < 1.29 is 9.53 Å². The fourth-order valence-electron chi connectivity index (χ4n) is 3.52. The third-order valence-corrected chi connectivity index (χ3v) is 4.79. The van der Waals surface area contributed by atoms with E-state index in [0.717, 1.165) is 0 Å². The summed E-state index contributed by atoms with van der Waals surface area (Å²) < 4.78 is 4.27. The van der Waals surface area contributed by atoms with Gasteiger partial charge in [-0.05, 0) is 65.3 Å². The smallest absolute Gasteiger partial charge is 0.332 e. The lowest BCUT2D eigenvalue weighted by Gasteiger charge is -2.18. The third-order valence-electron chi connectivity index (χ3n) is 4.79. The zero-order valence-corrected chi connectivity index (χ0v) is 15.0. The molecule has 2 heteroatoms. The van der Waals surface area contributed by atoms with Crippen LogP contribution in [0.25, 0.3) is 21.5 Å². The predicted octanol–water partition coefficient (Wildman–Crippen LogP) is 5.61. The lowest BCUT2D eigenvalue weighted by molar-refractivity contribution is -0.136. The van der Waals surface area contributed by atoms with Crippen molar-refractivity contribution in [1.82, 2.24) is 0 Å². The zero-order valence-electron chi connectivity index (χ0n) is 15.0. The highest BCUT2D eigenvalue weighted by Crippen LogP contribution is 2.33. The van der Waals surface area contributed by atoms with E-state index in [1.165, 1.54) is 54.3 Å². The maximum Gasteiger partial charge on any atom is 0.332 e. The summed E-state index contributed by atoms with van der Waals surface area (Å²) >= 11 is 0. The first-order valence-electron chi connectivity index (χ1n) is 8.78.